The predicted molar refractivity (Wildman–Crippen MR) is 91.3 cm³/mol. The van der Waals surface area contributed by atoms with Crippen LogP contribution in [0.15, 0.2) is 24.5 Å². The SMILES string of the molecule is Cc1ccc(C(=O)N2CCC3(O)CCCCC3C2)cc1-n1cnnn1. The van der Waals surface area contributed by atoms with Crippen molar-refractivity contribution in [2.24, 2.45) is 5.92 Å². The van der Waals surface area contributed by atoms with Gasteiger partial charge >= 0.3 is 0 Å². The number of amides is 1. The van der Waals surface area contributed by atoms with Gasteiger partial charge in [-0.2, -0.15) is 0 Å². The van der Waals surface area contributed by atoms with Crippen molar-refractivity contribution in [2.75, 3.05) is 13.1 Å². The molecule has 7 nitrogen and oxygen atoms in total. The van der Waals surface area contributed by atoms with Crippen LogP contribution in [0.1, 0.15) is 48.0 Å². The molecule has 0 bridgehead atoms. The van der Waals surface area contributed by atoms with E-state index >= 15 is 0 Å². The van der Waals surface area contributed by atoms with Crippen LogP contribution in [0.25, 0.3) is 5.69 Å². The maximum Gasteiger partial charge on any atom is 0.253 e. The number of carbonyl (C=O) groups excluding carboxylic acids is 1. The summed E-state index contributed by atoms with van der Waals surface area (Å²) in [6, 6.07) is 5.62. The van der Waals surface area contributed by atoms with Gasteiger partial charge in [0.25, 0.3) is 5.91 Å². The molecule has 132 valence electrons. The van der Waals surface area contributed by atoms with Gasteiger partial charge in [-0.15, -0.1) is 5.10 Å². The zero-order valence-corrected chi connectivity index (χ0v) is 14.4. The summed E-state index contributed by atoms with van der Waals surface area (Å²) < 4.78 is 1.57. The predicted octanol–water partition coefficient (Wildman–Crippen LogP) is 1.74. The van der Waals surface area contributed by atoms with Gasteiger partial charge in [0.2, 0.25) is 0 Å². The van der Waals surface area contributed by atoms with Crippen molar-refractivity contribution < 1.29 is 9.90 Å². The highest BCUT2D eigenvalue weighted by Gasteiger charge is 2.43. The number of aliphatic hydroxyl groups is 1. The number of hydrogen-bond acceptors (Lipinski definition) is 5. The van der Waals surface area contributed by atoms with Gasteiger partial charge in [0, 0.05) is 24.6 Å². The summed E-state index contributed by atoms with van der Waals surface area (Å²) in [5.74, 6) is 0.213. The third kappa shape index (κ3) is 2.93. The van der Waals surface area contributed by atoms with Gasteiger partial charge in [0.15, 0.2) is 0 Å². The van der Waals surface area contributed by atoms with Crippen molar-refractivity contribution in [3.8, 4) is 5.69 Å². The fourth-order valence-corrected chi connectivity index (χ4v) is 4.20. The maximum absolute atomic E-state index is 13.0. The molecule has 1 aromatic carbocycles. The highest BCUT2D eigenvalue weighted by molar-refractivity contribution is 5.95. The van der Waals surface area contributed by atoms with Gasteiger partial charge in [-0.25, -0.2) is 4.68 Å². The highest BCUT2D eigenvalue weighted by Crippen LogP contribution is 2.40. The van der Waals surface area contributed by atoms with E-state index in [1.54, 1.807) is 4.68 Å². The van der Waals surface area contributed by atoms with Gasteiger partial charge < -0.3 is 10.0 Å². The zero-order chi connectivity index (χ0) is 17.4. The molecule has 1 saturated carbocycles. The van der Waals surface area contributed by atoms with Crippen LogP contribution in [-0.4, -0.2) is 54.8 Å². The summed E-state index contributed by atoms with van der Waals surface area (Å²) in [7, 11) is 0. The first-order valence-corrected chi connectivity index (χ1v) is 8.92. The van der Waals surface area contributed by atoms with Crippen molar-refractivity contribution in [3.63, 3.8) is 0 Å². The van der Waals surface area contributed by atoms with E-state index in [2.05, 4.69) is 15.5 Å². The van der Waals surface area contributed by atoms with E-state index in [9.17, 15) is 9.90 Å². The molecular formula is C18H23N5O2. The number of aromatic nitrogens is 4. The number of fused-ring (bicyclic) bond motifs is 1. The van der Waals surface area contributed by atoms with E-state index in [1.807, 2.05) is 30.0 Å². The van der Waals surface area contributed by atoms with Gasteiger partial charge in [0.1, 0.15) is 6.33 Å². The number of benzene rings is 1. The van der Waals surface area contributed by atoms with E-state index < -0.39 is 5.60 Å². The lowest BCUT2D eigenvalue weighted by Gasteiger charge is -2.47. The van der Waals surface area contributed by atoms with Crippen molar-refractivity contribution in [1.82, 2.24) is 25.1 Å². The molecule has 1 saturated heterocycles. The molecule has 2 heterocycles. The van der Waals surface area contributed by atoms with Crippen molar-refractivity contribution in [2.45, 2.75) is 44.6 Å². The van der Waals surface area contributed by atoms with Crippen LogP contribution in [0.4, 0.5) is 0 Å². The first kappa shape index (κ1) is 16.2. The van der Waals surface area contributed by atoms with Gasteiger partial charge in [-0.3, -0.25) is 4.79 Å². The lowest BCUT2D eigenvalue weighted by molar-refractivity contribution is -0.0886. The molecule has 1 aliphatic carbocycles. The standard InChI is InChI=1S/C18H23N5O2/c1-13-5-6-14(10-16(13)23-12-19-20-21-23)17(24)22-9-8-18(25)7-3-2-4-15(18)11-22/h5-6,10,12,15,25H,2-4,7-9,11H2,1H3. The molecule has 2 unspecified atom stereocenters. The monoisotopic (exact) mass is 341 g/mol. The lowest BCUT2D eigenvalue weighted by atomic mass is 9.71. The molecule has 1 N–H and O–H groups in total. The van der Waals surface area contributed by atoms with Crippen LogP contribution < -0.4 is 0 Å². The first-order chi connectivity index (χ1) is 12.1. The molecule has 4 rings (SSSR count). The van der Waals surface area contributed by atoms with E-state index in [-0.39, 0.29) is 11.8 Å². The lowest BCUT2D eigenvalue weighted by Crippen LogP contribution is -2.54. The molecule has 2 fully saturated rings. The number of aryl methyl sites for hydroxylation is 1. The number of rotatable bonds is 2. The Bertz CT molecular complexity index is 776. The van der Waals surface area contributed by atoms with Gasteiger partial charge in [-0.05, 0) is 54.3 Å². The number of carbonyl (C=O) groups is 1. The summed E-state index contributed by atoms with van der Waals surface area (Å²) in [5, 5.41) is 22.1. The number of hydrogen-bond donors (Lipinski definition) is 1. The van der Waals surface area contributed by atoms with Crippen molar-refractivity contribution in [3.05, 3.63) is 35.7 Å². The highest BCUT2D eigenvalue weighted by atomic mass is 16.3. The molecule has 2 atom stereocenters. The normalized spacial score (nSPS) is 26.3. The Balaban J connectivity index is 1.56. The second-order valence-electron chi connectivity index (χ2n) is 7.30. The number of piperidine rings is 1. The van der Waals surface area contributed by atoms with Crippen molar-refractivity contribution in [1.29, 1.82) is 0 Å². The molecule has 0 radical (unpaired) electrons. The largest absolute Gasteiger partial charge is 0.389 e. The first-order valence-electron chi connectivity index (χ1n) is 8.92. The molecule has 25 heavy (non-hydrogen) atoms. The Morgan fingerprint density at radius 3 is 3.00 bits per heavy atom. The molecule has 1 amide bonds. The Morgan fingerprint density at radius 1 is 1.32 bits per heavy atom. The molecule has 1 aromatic heterocycles. The quantitative estimate of drug-likeness (QED) is 0.899. The van der Waals surface area contributed by atoms with Gasteiger partial charge in [0.05, 0.1) is 11.3 Å². The third-order valence-electron chi connectivity index (χ3n) is 5.77. The number of nitrogens with zero attached hydrogens (tertiary/aromatic N) is 5. The van der Waals surface area contributed by atoms with Crippen LogP contribution in [0.2, 0.25) is 0 Å². The average Bonchev–Trinajstić information content (AvgIpc) is 3.15. The molecule has 2 aromatic rings. The smallest absolute Gasteiger partial charge is 0.253 e. The van der Waals surface area contributed by atoms with Crippen LogP contribution in [0.3, 0.4) is 0 Å². The summed E-state index contributed by atoms with van der Waals surface area (Å²) >= 11 is 0. The minimum absolute atomic E-state index is 0.0157. The second-order valence-corrected chi connectivity index (χ2v) is 7.30. The average molecular weight is 341 g/mol. The fourth-order valence-electron chi connectivity index (χ4n) is 4.20. The zero-order valence-electron chi connectivity index (χ0n) is 14.4. The van der Waals surface area contributed by atoms with E-state index in [1.165, 1.54) is 6.33 Å². The number of tetrazole rings is 1. The summed E-state index contributed by atoms with van der Waals surface area (Å²) in [4.78, 5) is 14.9. The van der Waals surface area contributed by atoms with Crippen LogP contribution in [-0.2, 0) is 0 Å². The van der Waals surface area contributed by atoms with E-state index in [0.717, 1.165) is 36.9 Å². The molecule has 0 spiro atoms. The Hall–Kier alpha value is -2.28. The van der Waals surface area contributed by atoms with Gasteiger partial charge in [-0.1, -0.05) is 18.9 Å². The minimum Gasteiger partial charge on any atom is -0.389 e. The second kappa shape index (κ2) is 6.22. The third-order valence-corrected chi connectivity index (χ3v) is 5.77. The van der Waals surface area contributed by atoms with Crippen LogP contribution in [0.5, 0.6) is 0 Å². The van der Waals surface area contributed by atoms with Crippen LogP contribution in [0, 0.1) is 12.8 Å². The summed E-state index contributed by atoms with van der Waals surface area (Å²) in [6.45, 7) is 3.22. The summed E-state index contributed by atoms with van der Waals surface area (Å²) in [5.41, 5.74) is 1.88. The van der Waals surface area contributed by atoms with Crippen molar-refractivity contribution >= 4 is 5.91 Å². The minimum atomic E-state index is -0.570. The maximum atomic E-state index is 13.0. The number of likely N-dealkylation sites (tertiary alicyclic amines) is 1. The topological polar surface area (TPSA) is 84.1 Å². The summed E-state index contributed by atoms with van der Waals surface area (Å²) in [6.07, 6.45) is 6.31. The molecule has 2 aliphatic rings. The van der Waals surface area contributed by atoms with Crippen LogP contribution >= 0.6 is 0 Å². The fraction of sp³-hybridized carbons (Fsp3) is 0.556. The molecule has 1 aliphatic heterocycles. The van der Waals surface area contributed by atoms with E-state index in [4.69, 9.17) is 0 Å². The molecular weight excluding hydrogens is 318 g/mol. The Kier molecular flexibility index (Phi) is 4.03. The Labute approximate surface area is 146 Å². The molecule has 7 heteroatoms. The van der Waals surface area contributed by atoms with E-state index in [0.29, 0.717) is 25.1 Å². The Morgan fingerprint density at radius 2 is 2.20 bits per heavy atom.